The van der Waals surface area contributed by atoms with E-state index in [1.807, 2.05) is 0 Å². The molecule has 1 aliphatic rings. The monoisotopic (exact) mass is 196 g/mol. The van der Waals surface area contributed by atoms with Crippen LogP contribution in [0.3, 0.4) is 0 Å². The van der Waals surface area contributed by atoms with Crippen LogP contribution in [0.15, 0.2) is 12.3 Å². The summed E-state index contributed by atoms with van der Waals surface area (Å²) in [5.41, 5.74) is 0. The van der Waals surface area contributed by atoms with Crippen molar-refractivity contribution in [2.24, 2.45) is 5.92 Å². The Labute approximate surface area is 84.1 Å². The van der Waals surface area contributed by atoms with Crippen LogP contribution in [0.25, 0.3) is 0 Å². The first-order valence-corrected chi connectivity index (χ1v) is 5.02. The molecule has 0 heterocycles. The van der Waals surface area contributed by atoms with Gasteiger partial charge in [0, 0.05) is 18.8 Å². The van der Waals surface area contributed by atoms with Crippen LogP contribution in [-0.4, -0.2) is 18.2 Å². The molecule has 0 N–H and O–H groups in total. The topological polar surface area (TPSA) is 43.4 Å². The summed E-state index contributed by atoms with van der Waals surface area (Å²) in [5, 5.41) is 0. The number of hydrogen-bond acceptors (Lipinski definition) is 3. The Kier molecular flexibility index (Phi) is 3.86. The fourth-order valence-electron chi connectivity index (χ4n) is 1.70. The van der Waals surface area contributed by atoms with Crippen LogP contribution < -0.4 is 0 Å². The summed E-state index contributed by atoms with van der Waals surface area (Å²) in [6.45, 7) is 5.78. The normalized spacial score (nSPS) is 20.9. The van der Waals surface area contributed by atoms with Crippen LogP contribution in [-0.2, 0) is 14.3 Å². The number of carbonyl (C=O) groups excluding carboxylic acids is 2. The molecular weight excluding hydrogens is 180 g/mol. The van der Waals surface area contributed by atoms with Crippen LogP contribution in [0.4, 0.5) is 0 Å². The molecule has 1 fully saturated rings. The van der Waals surface area contributed by atoms with Gasteiger partial charge in [-0.15, -0.1) is 0 Å². The maximum absolute atomic E-state index is 11.5. The zero-order chi connectivity index (χ0) is 10.6. The number of ketones is 2. The average Bonchev–Trinajstić information content (AvgIpc) is 2.52. The van der Waals surface area contributed by atoms with Crippen LogP contribution >= 0.6 is 0 Å². The van der Waals surface area contributed by atoms with Gasteiger partial charge in [-0.05, 0) is 19.8 Å². The van der Waals surface area contributed by atoms with Gasteiger partial charge in [0.25, 0.3) is 0 Å². The van der Waals surface area contributed by atoms with Gasteiger partial charge in [-0.1, -0.05) is 6.58 Å². The molecule has 1 rings (SSSR count). The molecule has 0 saturated heterocycles. The quantitative estimate of drug-likeness (QED) is 0.498. The summed E-state index contributed by atoms with van der Waals surface area (Å²) < 4.78 is 4.99. The number of ether oxygens (including phenoxy) is 1. The van der Waals surface area contributed by atoms with Crippen LogP contribution in [0.2, 0.25) is 0 Å². The Morgan fingerprint density at radius 2 is 2.36 bits per heavy atom. The SMILES string of the molecule is C=C(OCC)C(=O)CC1CCCC1=O. The molecule has 3 heteroatoms. The predicted octanol–water partition coefficient (Wildman–Crippen LogP) is 1.86. The van der Waals surface area contributed by atoms with Crippen molar-refractivity contribution in [1.29, 1.82) is 0 Å². The highest BCUT2D eigenvalue weighted by Gasteiger charge is 2.27. The molecule has 1 aliphatic carbocycles. The second-order valence-corrected chi connectivity index (χ2v) is 3.54. The van der Waals surface area contributed by atoms with E-state index in [0.29, 0.717) is 13.0 Å². The Bertz CT molecular complexity index is 255. The lowest BCUT2D eigenvalue weighted by Crippen LogP contribution is -2.14. The summed E-state index contributed by atoms with van der Waals surface area (Å²) in [4.78, 5) is 22.7. The van der Waals surface area contributed by atoms with E-state index < -0.39 is 0 Å². The van der Waals surface area contributed by atoms with Gasteiger partial charge in [-0.25, -0.2) is 0 Å². The lowest BCUT2D eigenvalue weighted by molar-refractivity contribution is -0.126. The van der Waals surface area contributed by atoms with E-state index in [1.54, 1.807) is 6.92 Å². The second kappa shape index (κ2) is 4.94. The van der Waals surface area contributed by atoms with Crippen LogP contribution in [0.5, 0.6) is 0 Å². The van der Waals surface area contributed by atoms with Crippen molar-refractivity contribution in [1.82, 2.24) is 0 Å². The molecule has 1 unspecified atom stereocenters. The molecule has 0 aromatic carbocycles. The lowest BCUT2D eigenvalue weighted by atomic mass is 9.99. The molecule has 1 atom stereocenters. The third kappa shape index (κ3) is 2.69. The molecular formula is C11H16O3. The zero-order valence-electron chi connectivity index (χ0n) is 8.54. The summed E-state index contributed by atoms with van der Waals surface area (Å²) in [6.07, 6.45) is 2.65. The summed E-state index contributed by atoms with van der Waals surface area (Å²) in [5.74, 6) is 0.182. The minimum absolute atomic E-state index is 0.0836. The van der Waals surface area contributed by atoms with Crippen LogP contribution in [0.1, 0.15) is 32.6 Å². The molecule has 0 spiro atoms. The second-order valence-electron chi connectivity index (χ2n) is 3.54. The first-order chi connectivity index (χ1) is 6.65. The molecule has 0 aromatic rings. The third-order valence-electron chi connectivity index (χ3n) is 2.49. The first-order valence-electron chi connectivity index (χ1n) is 5.02. The zero-order valence-corrected chi connectivity index (χ0v) is 8.54. The minimum Gasteiger partial charge on any atom is -0.491 e. The van der Waals surface area contributed by atoms with E-state index in [0.717, 1.165) is 12.8 Å². The van der Waals surface area contributed by atoms with Gasteiger partial charge < -0.3 is 4.74 Å². The Hall–Kier alpha value is -1.12. The van der Waals surface area contributed by atoms with Crippen molar-refractivity contribution in [2.45, 2.75) is 32.6 Å². The minimum atomic E-state index is -0.132. The molecule has 1 saturated carbocycles. The number of allylic oxidation sites excluding steroid dienone is 1. The molecule has 78 valence electrons. The fraction of sp³-hybridized carbons (Fsp3) is 0.636. The lowest BCUT2D eigenvalue weighted by Gasteiger charge is -2.08. The van der Waals surface area contributed by atoms with Crippen molar-refractivity contribution < 1.29 is 14.3 Å². The summed E-state index contributed by atoms with van der Waals surface area (Å²) in [7, 11) is 0. The van der Waals surface area contributed by atoms with Gasteiger partial charge >= 0.3 is 0 Å². The molecule has 0 bridgehead atoms. The summed E-state index contributed by atoms with van der Waals surface area (Å²) in [6, 6.07) is 0. The van der Waals surface area contributed by atoms with Crippen molar-refractivity contribution >= 4 is 11.6 Å². The van der Waals surface area contributed by atoms with Gasteiger partial charge in [-0.3, -0.25) is 9.59 Å². The van der Waals surface area contributed by atoms with Crippen molar-refractivity contribution in [3.8, 4) is 0 Å². The highest BCUT2D eigenvalue weighted by atomic mass is 16.5. The van der Waals surface area contributed by atoms with Gasteiger partial charge in [0.15, 0.2) is 11.5 Å². The Balaban J connectivity index is 2.40. The Morgan fingerprint density at radius 3 is 2.86 bits per heavy atom. The number of hydrogen-bond donors (Lipinski definition) is 0. The average molecular weight is 196 g/mol. The highest BCUT2D eigenvalue weighted by Crippen LogP contribution is 2.25. The molecule has 0 amide bonds. The fourth-order valence-corrected chi connectivity index (χ4v) is 1.70. The van der Waals surface area contributed by atoms with Crippen molar-refractivity contribution in [2.75, 3.05) is 6.61 Å². The van der Waals surface area contributed by atoms with E-state index in [-0.39, 0.29) is 29.7 Å². The predicted molar refractivity (Wildman–Crippen MR) is 52.7 cm³/mol. The number of Topliss-reactive ketones (excluding diaryl/α,β-unsaturated/α-hetero) is 2. The first kappa shape index (κ1) is 11.0. The maximum atomic E-state index is 11.5. The Morgan fingerprint density at radius 1 is 1.64 bits per heavy atom. The maximum Gasteiger partial charge on any atom is 0.197 e. The standard InChI is InChI=1S/C11H16O3/c1-3-14-8(2)11(13)7-9-5-4-6-10(9)12/h9H,2-7H2,1H3. The molecule has 0 aromatic heterocycles. The van der Waals surface area contributed by atoms with Gasteiger partial charge in [0.05, 0.1) is 6.61 Å². The molecule has 0 radical (unpaired) electrons. The van der Waals surface area contributed by atoms with Crippen molar-refractivity contribution in [3.63, 3.8) is 0 Å². The smallest absolute Gasteiger partial charge is 0.197 e. The number of rotatable bonds is 5. The molecule has 14 heavy (non-hydrogen) atoms. The van der Waals surface area contributed by atoms with E-state index in [2.05, 4.69) is 6.58 Å². The van der Waals surface area contributed by atoms with E-state index in [1.165, 1.54) is 0 Å². The van der Waals surface area contributed by atoms with E-state index in [9.17, 15) is 9.59 Å². The van der Waals surface area contributed by atoms with Crippen molar-refractivity contribution in [3.05, 3.63) is 12.3 Å². The molecule has 0 aliphatic heterocycles. The van der Waals surface area contributed by atoms with Gasteiger partial charge in [0.2, 0.25) is 0 Å². The number of carbonyl (C=O) groups is 2. The third-order valence-corrected chi connectivity index (χ3v) is 2.49. The highest BCUT2D eigenvalue weighted by molar-refractivity contribution is 5.96. The summed E-state index contributed by atoms with van der Waals surface area (Å²) >= 11 is 0. The molecule has 3 nitrogen and oxygen atoms in total. The van der Waals surface area contributed by atoms with Gasteiger partial charge in [0.1, 0.15) is 5.78 Å². The van der Waals surface area contributed by atoms with Gasteiger partial charge in [-0.2, -0.15) is 0 Å². The van der Waals surface area contributed by atoms with E-state index >= 15 is 0 Å². The van der Waals surface area contributed by atoms with Crippen LogP contribution in [0, 0.1) is 5.92 Å². The largest absolute Gasteiger partial charge is 0.491 e. The van der Waals surface area contributed by atoms with E-state index in [4.69, 9.17) is 4.74 Å².